The molecule has 0 bridgehead atoms. The second kappa shape index (κ2) is 6.66. The van der Waals surface area contributed by atoms with Gasteiger partial charge in [-0.15, -0.1) is 0 Å². The molecule has 0 fully saturated rings. The van der Waals surface area contributed by atoms with Crippen molar-refractivity contribution >= 4 is 11.8 Å². The smallest absolute Gasteiger partial charge is 0.338 e. The third kappa shape index (κ3) is 3.54. The largest absolute Gasteiger partial charge is 0.457 e. The molecule has 102 valence electrons. The lowest BCUT2D eigenvalue weighted by molar-refractivity contribution is 0.0472. The van der Waals surface area contributed by atoms with Crippen LogP contribution >= 0.6 is 0 Å². The number of hydrogen-bond donors (Lipinski definition) is 0. The van der Waals surface area contributed by atoms with Gasteiger partial charge >= 0.3 is 5.97 Å². The highest BCUT2D eigenvalue weighted by Gasteiger charge is 2.09. The van der Waals surface area contributed by atoms with Gasteiger partial charge in [0.25, 0.3) is 0 Å². The summed E-state index contributed by atoms with van der Waals surface area (Å²) in [4.78, 5) is 23.4. The van der Waals surface area contributed by atoms with E-state index in [4.69, 9.17) is 4.74 Å². The minimum atomic E-state index is -0.385. The molecule has 0 aliphatic rings. The predicted molar refractivity (Wildman–Crippen MR) is 76.6 cm³/mol. The quantitative estimate of drug-likeness (QED) is 0.614. The van der Waals surface area contributed by atoms with Crippen molar-refractivity contribution in [3.8, 4) is 0 Å². The van der Waals surface area contributed by atoms with Gasteiger partial charge in [0.2, 0.25) is 0 Å². The van der Waals surface area contributed by atoms with Crippen molar-refractivity contribution in [2.24, 2.45) is 0 Å². The number of ether oxygens (including phenoxy) is 1. The molecular weight excluding hydrogens is 252 g/mol. The topological polar surface area (TPSA) is 43.4 Å². The molecule has 0 aromatic heterocycles. The van der Waals surface area contributed by atoms with Crippen LogP contribution in [0, 0.1) is 0 Å². The van der Waals surface area contributed by atoms with Gasteiger partial charge in [-0.25, -0.2) is 4.79 Å². The zero-order valence-electron chi connectivity index (χ0n) is 11.3. The lowest BCUT2D eigenvalue weighted by Gasteiger charge is -2.05. The fourth-order valence-electron chi connectivity index (χ4n) is 1.80. The van der Waals surface area contributed by atoms with Crippen LogP contribution in [0.5, 0.6) is 0 Å². The summed E-state index contributed by atoms with van der Waals surface area (Å²) in [5, 5.41) is 0. The Balaban J connectivity index is 1.97. The molecule has 0 aliphatic heterocycles. The molecule has 0 saturated heterocycles. The van der Waals surface area contributed by atoms with E-state index in [0.717, 1.165) is 5.56 Å². The van der Waals surface area contributed by atoms with E-state index in [1.807, 2.05) is 37.3 Å². The van der Waals surface area contributed by atoms with E-state index in [1.54, 1.807) is 24.3 Å². The molecular formula is C17H16O3. The monoisotopic (exact) mass is 268 g/mol. The third-order valence-corrected chi connectivity index (χ3v) is 2.98. The molecule has 2 aromatic carbocycles. The van der Waals surface area contributed by atoms with E-state index in [0.29, 0.717) is 17.5 Å². The van der Waals surface area contributed by atoms with Gasteiger partial charge in [0.05, 0.1) is 5.56 Å². The number of ketones is 1. The summed E-state index contributed by atoms with van der Waals surface area (Å²) in [5.41, 5.74) is 2.01. The number of Topliss-reactive ketones (excluding diaryl/α,β-unsaturated/α-hetero) is 1. The number of carbonyl (C=O) groups excluding carboxylic acids is 2. The van der Waals surface area contributed by atoms with Crippen molar-refractivity contribution in [1.82, 2.24) is 0 Å². The van der Waals surface area contributed by atoms with Crippen LogP contribution < -0.4 is 0 Å². The van der Waals surface area contributed by atoms with Crippen LogP contribution in [-0.4, -0.2) is 11.8 Å². The molecule has 2 aromatic rings. The fraction of sp³-hybridized carbons (Fsp3) is 0.176. The summed E-state index contributed by atoms with van der Waals surface area (Å²) < 4.78 is 5.22. The number of benzene rings is 2. The summed E-state index contributed by atoms with van der Waals surface area (Å²) in [6, 6.07) is 16.1. The van der Waals surface area contributed by atoms with E-state index >= 15 is 0 Å². The maximum Gasteiger partial charge on any atom is 0.338 e. The first-order valence-electron chi connectivity index (χ1n) is 6.55. The standard InChI is InChI=1S/C17H16O3/c1-2-16(18)14-8-10-15(11-9-14)17(19)20-12-13-6-4-3-5-7-13/h3-11H,2,12H2,1H3. The van der Waals surface area contributed by atoms with Gasteiger partial charge in [0.1, 0.15) is 6.61 Å². The Bertz CT molecular complexity index is 585. The lowest BCUT2D eigenvalue weighted by Crippen LogP contribution is -2.06. The third-order valence-electron chi connectivity index (χ3n) is 2.98. The van der Waals surface area contributed by atoms with E-state index in [1.165, 1.54) is 0 Å². The molecule has 2 rings (SSSR count). The van der Waals surface area contributed by atoms with Gasteiger partial charge in [0.15, 0.2) is 5.78 Å². The van der Waals surface area contributed by atoms with E-state index < -0.39 is 0 Å². The molecule has 0 N–H and O–H groups in total. The van der Waals surface area contributed by atoms with Gasteiger partial charge in [-0.2, -0.15) is 0 Å². The number of rotatable bonds is 5. The highest BCUT2D eigenvalue weighted by atomic mass is 16.5. The molecule has 0 radical (unpaired) electrons. The SMILES string of the molecule is CCC(=O)c1ccc(C(=O)OCc2ccccc2)cc1. The van der Waals surface area contributed by atoms with E-state index in [-0.39, 0.29) is 18.4 Å². The minimum Gasteiger partial charge on any atom is -0.457 e. The van der Waals surface area contributed by atoms with E-state index in [9.17, 15) is 9.59 Å². The van der Waals surface area contributed by atoms with Crippen molar-refractivity contribution in [3.05, 3.63) is 71.3 Å². The van der Waals surface area contributed by atoms with Crippen LogP contribution in [0.4, 0.5) is 0 Å². The van der Waals surface area contributed by atoms with Crippen molar-refractivity contribution in [2.45, 2.75) is 20.0 Å². The predicted octanol–water partition coefficient (Wildman–Crippen LogP) is 3.64. The van der Waals surface area contributed by atoms with Crippen molar-refractivity contribution in [2.75, 3.05) is 0 Å². The molecule has 3 nitrogen and oxygen atoms in total. The molecule has 0 atom stereocenters. The number of carbonyl (C=O) groups is 2. The summed E-state index contributed by atoms with van der Waals surface area (Å²) in [6.07, 6.45) is 0.456. The first-order chi connectivity index (χ1) is 9.70. The average molecular weight is 268 g/mol. The molecule has 20 heavy (non-hydrogen) atoms. The Hall–Kier alpha value is -2.42. The van der Waals surface area contributed by atoms with E-state index in [2.05, 4.69) is 0 Å². The molecule has 0 spiro atoms. The second-order valence-corrected chi connectivity index (χ2v) is 4.42. The Morgan fingerprint density at radius 3 is 2.10 bits per heavy atom. The first kappa shape index (κ1) is 14.0. The molecule has 0 aliphatic carbocycles. The van der Waals surface area contributed by atoms with Crippen molar-refractivity contribution < 1.29 is 14.3 Å². The molecule has 0 unspecified atom stereocenters. The minimum absolute atomic E-state index is 0.0641. The molecule has 0 amide bonds. The molecule has 0 saturated carbocycles. The zero-order valence-corrected chi connectivity index (χ0v) is 11.3. The first-order valence-corrected chi connectivity index (χ1v) is 6.55. The second-order valence-electron chi connectivity index (χ2n) is 4.42. The summed E-state index contributed by atoms with van der Waals surface area (Å²) >= 11 is 0. The summed E-state index contributed by atoms with van der Waals surface area (Å²) in [6.45, 7) is 2.06. The Kier molecular flexibility index (Phi) is 4.66. The molecule has 0 heterocycles. The maximum absolute atomic E-state index is 11.9. The van der Waals surface area contributed by atoms with Crippen molar-refractivity contribution in [1.29, 1.82) is 0 Å². The van der Waals surface area contributed by atoms with Gasteiger partial charge in [-0.1, -0.05) is 49.4 Å². The van der Waals surface area contributed by atoms with Gasteiger partial charge in [-0.3, -0.25) is 4.79 Å². The summed E-state index contributed by atoms with van der Waals surface area (Å²) in [7, 11) is 0. The van der Waals surface area contributed by atoms with Crippen LogP contribution in [0.2, 0.25) is 0 Å². The Morgan fingerprint density at radius 2 is 1.50 bits per heavy atom. The summed E-state index contributed by atoms with van der Waals surface area (Å²) in [5.74, 6) is -0.321. The van der Waals surface area contributed by atoms with Gasteiger partial charge in [0, 0.05) is 12.0 Å². The molecule has 3 heteroatoms. The maximum atomic E-state index is 11.9. The van der Waals surface area contributed by atoms with Crippen LogP contribution in [0.25, 0.3) is 0 Å². The Labute approximate surface area is 118 Å². The van der Waals surface area contributed by atoms with Gasteiger partial charge in [-0.05, 0) is 17.7 Å². The Morgan fingerprint density at radius 1 is 0.900 bits per heavy atom. The number of esters is 1. The normalized spacial score (nSPS) is 10.1. The highest BCUT2D eigenvalue weighted by molar-refractivity contribution is 5.97. The zero-order chi connectivity index (χ0) is 14.4. The number of hydrogen-bond acceptors (Lipinski definition) is 3. The average Bonchev–Trinajstić information content (AvgIpc) is 2.53. The van der Waals surface area contributed by atoms with Crippen LogP contribution in [-0.2, 0) is 11.3 Å². The van der Waals surface area contributed by atoms with Crippen LogP contribution in [0.1, 0.15) is 39.6 Å². The van der Waals surface area contributed by atoms with Gasteiger partial charge < -0.3 is 4.74 Å². The van der Waals surface area contributed by atoms with Crippen LogP contribution in [0.15, 0.2) is 54.6 Å². The van der Waals surface area contributed by atoms with Crippen molar-refractivity contribution in [3.63, 3.8) is 0 Å². The van der Waals surface area contributed by atoms with Crippen LogP contribution in [0.3, 0.4) is 0 Å². The fourth-order valence-corrected chi connectivity index (χ4v) is 1.80. The lowest BCUT2D eigenvalue weighted by atomic mass is 10.1. The highest BCUT2D eigenvalue weighted by Crippen LogP contribution is 2.09.